The lowest BCUT2D eigenvalue weighted by molar-refractivity contribution is 0.0647. The molecule has 8 nitrogen and oxygen atoms in total. The minimum atomic E-state index is 0.131. The SMILES string of the molecule is CCN1CCN(C(=O)c2sc3ncnc(N4CCN(c5ccc(OC)cc5)CC4)c3c2C)CC1. The highest BCUT2D eigenvalue weighted by molar-refractivity contribution is 7.20. The zero-order valence-electron chi connectivity index (χ0n) is 20.2. The number of ether oxygens (including phenoxy) is 1. The third-order valence-corrected chi connectivity index (χ3v) is 8.21. The standard InChI is InChI=1S/C25H32N6O2S/c1-4-28-9-11-31(12-10-28)25(32)22-18(2)21-23(26-17-27-24(21)34-22)30-15-13-29(14-16-30)19-5-7-20(33-3)8-6-19/h5-8,17H,4,9-16H2,1-3H3. The van der Waals surface area contributed by atoms with Gasteiger partial charge < -0.3 is 24.3 Å². The lowest BCUT2D eigenvalue weighted by Crippen LogP contribution is -2.48. The Balaban J connectivity index is 1.33. The van der Waals surface area contributed by atoms with Gasteiger partial charge in [0.2, 0.25) is 0 Å². The van der Waals surface area contributed by atoms with E-state index >= 15 is 0 Å². The number of amides is 1. The van der Waals surface area contributed by atoms with Crippen molar-refractivity contribution >= 4 is 39.0 Å². The van der Waals surface area contributed by atoms with Gasteiger partial charge in [-0.2, -0.15) is 0 Å². The Hall–Kier alpha value is -2.91. The molecule has 5 rings (SSSR count). The number of likely N-dealkylation sites (N-methyl/N-ethyl adjacent to an activating group) is 1. The molecule has 4 heterocycles. The lowest BCUT2D eigenvalue weighted by Gasteiger charge is -2.37. The first-order valence-electron chi connectivity index (χ1n) is 12.0. The van der Waals surface area contributed by atoms with Crippen LogP contribution in [0.25, 0.3) is 10.2 Å². The molecule has 9 heteroatoms. The molecule has 1 aromatic carbocycles. The summed E-state index contributed by atoms with van der Waals surface area (Å²) in [7, 11) is 1.69. The Kier molecular flexibility index (Phi) is 6.56. The highest BCUT2D eigenvalue weighted by atomic mass is 32.1. The van der Waals surface area contributed by atoms with Gasteiger partial charge in [-0.3, -0.25) is 4.79 Å². The van der Waals surface area contributed by atoms with Crippen molar-refractivity contribution in [1.82, 2.24) is 19.8 Å². The molecule has 2 aliphatic heterocycles. The zero-order chi connectivity index (χ0) is 23.7. The van der Waals surface area contributed by atoms with Gasteiger partial charge in [-0.05, 0) is 43.3 Å². The Morgan fingerprint density at radius 1 is 0.971 bits per heavy atom. The second-order valence-electron chi connectivity index (χ2n) is 8.83. The molecular formula is C25H32N6O2S. The number of rotatable bonds is 5. The summed E-state index contributed by atoms with van der Waals surface area (Å²) in [5.74, 6) is 1.95. The number of anilines is 2. The van der Waals surface area contributed by atoms with Crippen LogP contribution in [0.4, 0.5) is 11.5 Å². The van der Waals surface area contributed by atoms with E-state index in [9.17, 15) is 4.79 Å². The van der Waals surface area contributed by atoms with Gasteiger partial charge in [0.25, 0.3) is 5.91 Å². The maximum absolute atomic E-state index is 13.4. The Bertz CT molecular complexity index is 1150. The predicted octanol–water partition coefficient (Wildman–Crippen LogP) is 3.11. The summed E-state index contributed by atoms with van der Waals surface area (Å²) in [6.07, 6.45) is 1.64. The van der Waals surface area contributed by atoms with Gasteiger partial charge in [0.15, 0.2) is 0 Å². The minimum absolute atomic E-state index is 0.131. The van der Waals surface area contributed by atoms with E-state index in [1.165, 1.54) is 17.0 Å². The molecule has 0 radical (unpaired) electrons. The van der Waals surface area contributed by atoms with Crippen molar-refractivity contribution in [3.8, 4) is 5.75 Å². The van der Waals surface area contributed by atoms with Crippen LogP contribution >= 0.6 is 11.3 Å². The summed E-state index contributed by atoms with van der Waals surface area (Å²) in [5, 5.41) is 1.03. The van der Waals surface area contributed by atoms with Gasteiger partial charge in [0, 0.05) is 58.0 Å². The second kappa shape index (κ2) is 9.76. The number of aromatic nitrogens is 2. The number of hydrogen-bond donors (Lipinski definition) is 0. The van der Waals surface area contributed by atoms with Crippen molar-refractivity contribution in [2.45, 2.75) is 13.8 Å². The monoisotopic (exact) mass is 480 g/mol. The van der Waals surface area contributed by atoms with Gasteiger partial charge >= 0.3 is 0 Å². The van der Waals surface area contributed by atoms with E-state index in [4.69, 9.17) is 4.74 Å². The third-order valence-electron chi connectivity index (χ3n) is 7.02. The number of carbonyl (C=O) groups excluding carboxylic acids is 1. The van der Waals surface area contributed by atoms with Crippen molar-refractivity contribution < 1.29 is 9.53 Å². The van der Waals surface area contributed by atoms with Crippen molar-refractivity contribution in [1.29, 1.82) is 0 Å². The number of hydrogen-bond acceptors (Lipinski definition) is 8. The zero-order valence-corrected chi connectivity index (χ0v) is 21.0. The van der Waals surface area contributed by atoms with Crippen molar-refractivity contribution in [2.24, 2.45) is 0 Å². The molecule has 0 atom stereocenters. The van der Waals surface area contributed by atoms with Crippen LogP contribution < -0.4 is 14.5 Å². The number of thiophene rings is 1. The normalized spacial score (nSPS) is 17.4. The summed E-state index contributed by atoms with van der Waals surface area (Å²) in [6.45, 7) is 12.3. The third kappa shape index (κ3) is 4.30. The van der Waals surface area contributed by atoms with E-state index < -0.39 is 0 Å². The summed E-state index contributed by atoms with van der Waals surface area (Å²) in [6, 6.07) is 8.23. The van der Waals surface area contributed by atoms with Gasteiger partial charge in [-0.1, -0.05) is 6.92 Å². The molecule has 0 N–H and O–H groups in total. The second-order valence-corrected chi connectivity index (χ2v) is 9.83. The van der Waals surface area contributed by atoms with Crippen molar-refractivity contribution in [3.63, 3.8) is 0 Å². The van der Waals surface area contributed by atoms with Gasteiger partial charge in [-0.25, -0.2) is 9.97 Å². The van der Waals surface area contributed by atoms with Crippen molar-refractivity contribution in [3.05, 3.63) is 41.0 Å². The minimum Gasteiger partial charge on any atom is -0.497 e. The van der Waals surface area contributed by atoms with E-state index in [0.717, 1.165) is 91.1 Å². The Labute approximate surface area is 204 Å². The molecule has 0 bridgehead atoms. The number of aryl methyl sites for hydroxylation is 1. The number of fused-ring (bicyclic) bond motifs is 1. The molecule has 0 unspecified atom stereocenters. The average Bonchev–Trinajstić information content (AvgIpc) is 3.25. The Morgan fingerprint density at radius 2 is 1.65 bits per heavy atom. The molecule has 1 amide bonds. The molecule has 0 saturated carbocycles. The molecule has 0 aliphatic carbocycles. The van der Waals surface area contributed by atoms with Crippen LogP contribution in [0.5, 0.6) is 5.75 Å². The maximum Gasteiger partial charge on any atom is 0.264 e. The van der Waals surface area contributed by atoms with Crippen LogP contribution in [0, 0.1) is 6.92 Å². The summed E-state index contributed by atoms with van der Waals surface area (Å²) in [5.41, 5.74) is 2.21. The highest BCUT2D eigenvalue weighted by Crippen LogP contribution is 2.36. The number of nitrogens with zero attached hydrogens (tertiary/aromatic N) is 6. The Morgan fingerprint density at radius 3 is 2.29 bits per heavy atom. The van der Waals surface area contributed by atoms with Gasteiger partial charge in [-0.15, -0.1) is 11.3 Å². The molecule has 3 aromatic rings. The quantitative estimate of drug-likeness (QED) is 0.556. The molecule has 180 valence electrons. The first-order valence-corrected chi connectivity index (χ1v) is 12.8. The molecule has 2 saturated heterocycles. The van der Waals surface area contributed by atoms with Crippen LogP contribution in [-0.4, -0.2) is 91.7 Å². The smallest absolute Gasteiger partial charge is 0.264 e. The van der Waals surface area contributed by atoms with Gasteiger partial charge in [0.1, 0.15) is 22.7 Å². The van der Waals surface area contributed by atoms with Gasteiger partial charge in [0.05, 0.1) is 17.4 Å². The van der Waals surface area contributed by atoms with Crippen molar-refractivity contribution in [2.75, 3.05) is 75.8 Å². The molecule has 0 spiro atoms. The summed E-state index contributed by atoms with van der Waals surface area (Å²) < 4.78 is 5.28. The van der Waals surface area contributed by atoms with E-state index in [2.05, 4.69) is 50.6 Å². The van der Waals surface area contributed by atoms with Crippen LogP contribution in [0.15, 0.2) is 30.6 Å². The van der Waals surface area contributed by atoms with E-state index in [0.29, 0.717) is 0 Å². The van der Waals surface area contributed by atoms with E-state index in [-0.39, 0.29) is 5.91 Å². The summed E-state index contributed by atoms with van der Waals surface area (Å²) in [4.78, 5) is 33.4. The fourth-order valence-electron chi connectivity index (χ4n) is 4.88. The molecule has 2 fully saturated rings. The number of methoxy groups -OCH3 is 1. The number of benzene rings is 1. The van der Waals surface area contributed by atoms with Crippen LogP contribution in [0.1, 0.15) is 22.2 Å². The van der Waals surface area contributed by atoms with Crippen LogP contribution in [0.2, 0.25) is 0 Å². The first kappa shape index (κ1) is 22.9. The first-order chi connectivity index (χ1) is 16.6. The molecule has 2 aromatic heterocycles. The topological polar surface area (TPSA) is 65.0 Å². The molecular weight excluding hydrogens is 448 g/mol. The highest BCUT2D eigenvalue weighted by Gasteiger charge is 2.28. The number of piperazine rings is 2. The van der Waals surface area contributed by atoms with Crippen LogP contribution in [0.3, 0.4) is 0 Å². The fourth-order valence-corrected chi connectivity index (χ4v) is 5.99. The lowest BCUT2D eigenvalue weighted by atomic mass is 10.1. The van der Waals surface area contributed by atoms with Crippen LogP contribution in [-0.2, 0) is 0 Å². The molecule has 34 heavy (non-hydrogen) atoms. The molecule has 2 aliphatic rings. The van der Waals surface area contributed by atoms with E-state index in [1.54, 1.807) is 13.4 Å². The average molecular weight is 481 g/mol. The number of carbonyl (C=O) groups is 1. The largest absolute Gasteiger partial charge is 0.497 e. The fraction of sp³-hybridized carbons (Fsp3) is 0.480. The summed E-state index contributed by atoms with van der Waals surface area (Å²) >= 11 is 1.51. The maximum atomic E-state index is 13.4. The van der Waals surface area contributed by atoms with E-state index in [1.807, 2.05) is 17.0 Å². The predicted molar refractivity (Wildman–Crippen MR) is 138 cm³/mol.